The Morgan fingerprint density at radius 3 is 1.10 bits per heavy atom. The zero-order chi connectivity index (χ0) is 43.0. The predicted octanol–water partition coefficient (Wildman–Crippen LogP) is 2.30. The first kappa shape index (κ1) is 54.3. The maximum absolute atomic E-state index is 11.6. The van der Waals surface area contributed by atoms with E-state index >= 15 is 0 Å². The molecular weight excluding hydrogens is 888 g/mol. The third-order valence-electron chi connectivity index (χ3n) is 8.02. The molecule has 0 aliphatic rings. The SMILES string of the molecule is O.[Cr+3].[Fe+3].[O-]c1cc(O)ccc1C=NCCNCCNCCN=Cc1ccc(O)cc1[O-].[O-]c1ccccc1C=Nc1ccccc1[O-].[O-]c1ccccc1C=Nc1ccccc1[O-]. The van der Waals surface area contributed by atoms with Gasteiger partial charge >= 0.3 is 34.4 Å². The molecule has 0 amide bonds. The number of nitrogens with zero attached hydrogens (tertiary/aromatic N) is 4. The summed E-state index contributed by atoms with van der Waals surface area (Å²) in [5.74, 6) is -1.09. The van der Waals surface area contributed by atoms with Gasteiger partial charge in [0.05, 0.1) is 24.5 Å². The van der Waals surface area contributed by atoms with Crippen LogP contribution >= 0.6 is 0 Å². The van der Waals surface area contributed by atoms with Gasteiger partial charge in [-0.3, -0.25) is 20.0 Å². The van der Waals surface area contributed by atoms with E-state index < -0.39 is 0 Å². The molecule has 0 unspecified atom stereocenters. The molecule has 326 valence electrons. The van der Waals surface area contributed by atoms with Gasteiger partial charge in [0.25, 0.3) is 0 Å². The summed E-state index contributed by atoms with van der Waals surface area (Å²) in [6.45, 7) is 4.02. The molecule has 6 aromatic rings. The monoisotopic (exact) mass is 932 g/mol. The van der Waals surface area contributed by atoms with Gasteiger partial charge in [0.2, 0.25) is 0 Å². The molecule has 0 aromatic heterocycles. The van der Waals surface area contributed by atoms with Crippen molar-refractivity contribution in [1.29, 1.82) is 0 Å². The Balaban J connectivity index is 0.000000489. The number of phenols is 2. The predicted molar refractivity (Wildman–Crippen MR) is 227 cm³/mol. The van der Waals surface area contributed by atoms with E-state index in [0.717, 1.165) is 13.1 Å². The van der Waals surface area contributed by atoms with Crippen molar-refractivity contribution in [1.82, 2.24) is 10.6 Å². The second kappa shape index (κ2) is 30.4. The van der Waals surface area contributed by atoms with Gasteiger partial charge in [-0.25, -0.2) is 0 Å². The fourth-order valence-corrected chi connectivity index (χ4v) is 4.88. The topological polar surface area (TPSA) is 284 Å². The third kappa shape index (κ3) is 20.2. The molecule has 17 heteroatoms. The summed E-state index contributed by atoms with van der Waals surface area (Å²) >= 11 is 0. The molecule has 0 fully saturated rings. The number of aliphatic imine (C=N–C) groups is 4. The summed E-state index contributed by atoms with van der Waals surface area (Å²) in [5, 5.41) is 93.3. The van der Waals surface area contributed by atoms with Crippen LogP contribution in [-0.2, 0) is 34.4 Å². The average molecular weight is 933 g/mol. The number of aromatic hydroxyl groups is 2. The molecule has 6 aromatic carbocycles. The van der Waals surface area contributed by atoms with Crippen LogP contribution in [0.25, 0.3) is 0 Å². The molecule has 0 heterocycles. The van der Waals surface area contributed by atoms with Crippen molar-refractivity contribution < 1.29 is 80.8 Å². The third-order valence-corrected chi connectivity index (χ3v) is 8.02. The Bertz CT molecular complexity index is 2120. The quantitative estimate of drug-likeness (QED) is 0.0662. The molecule has 0 saturated carbocycles. The second-order valence-corrected chi connectivity index (χ2v) is 12.5. The largest absolute Gasteiger partial charge is 3.00 e. The van der Waals surface area contributed by atoms with Crippen molar-refractivity contribution in [3.63, 3.8) is 0 Å². The van der Waals surface area contributed by atoms with Crippen LogP contribution in [0, 0.1) is 0 Å². The Morgan fingerprint density at radius 2 is 0.746 bits per heavy atom. The van der Waals surface area contributed by atoms with E-state index in [1.54, 1.807) is 84.9 Å². The fourth-order valence-electron chi connectivity index (χ4n) is 4.88. The number of benzene rings is 6. The summed E-state index contributed by atoms with van der Waals surface area (Å²) in [4.78, 5) is 16.4. The molecule has 6 N–H and O–H groups in total. The van der Waals surface area contributed by atoms with Crippen LogP contribution in [0.15, 0.2) is 153 Å². The number of hydrogen-bond acceptors (Lipinski definition) is 14. The summed E-state index contributed by atoms with van der Waals surface area (Å²) < 4.78 is 0. The van der Waals surface area contributed by atoms with E-state index in [-0.39, 0.29) is 85.9 Å². The summed E-state index contributed by atoms with van der Waals surface area (Å²) in [5.41, 5.74) is 2.54. The maximum atomic E-state index is 11.6. The van der Waals surface area contributed by atoms with Gasteiger partial charge in [-0.15, -0.1) is 11.5 Å². The number of nitrogens with one attached hydrogen (secondary N) is 2. The van der Waals surface area contributed by atoms with Gasteiger partial charge in [0, 0.05) is 51.0 Å². The Morgan fingerprint density at radius 1 is 0.413 bits per heavy atom. The van der Waals surface area contributed by atoms with Gasteiger partial charge < -0.3 is 57.0 Å². The Hall–Kier alpha value is -6.67. The standard InChI is InChI=1S/C20H26N4O4.2C13H11NO2.Cr.Fe.H2O/c25-17-3-1-15(19(27)11-17)13-23-9-7-21-5-6-22-8-10-24-14-16-2-4-18(26)12-20(16)28;2*15-12-7-3-1-5-10(12)9-14-11-6-2-4-8-13(11)16;;;/h1-4,11-14,21-22,25-28H,5-10H2;2*1-9,15-16H;;;1H2/q;;;2*+3;/p-6. The first-order valence-corrected chi connectivity index (χ1v) is 18.6. The minimum absolute atomic E-state index is 0. The van der Waals surface area contributed by atoms with Crippen LogP contribution in [-0.4, -0.2) is 79.8 Å². The zero-order valence-corrected chi connectivity index (χ0v) is 36.0. The molecule has 0 atom stereocenters. The van der Waals surface area contributed by atoms with Crippen molar-refractivity contribution in [2.45, 2.75) is 0 Å². The molecule has 6 rings (SSSR count). The van der Waals surface area contributed by atoms with E-state index in [1.165, 1.54) is 73.4 Å². The molecular formula is C46H44CrFeN6O9. The van der Waals surface area contributed by atoms with Crippen LogP contribution in [0.5, 0.6) is 46.0 Å². The van der Waals surface area contributed by atoms with Crippen molar-refractivity contribution in [2.75, 3.05) is 39.3 Å². The zero-order valence-electron chi connectivity index (χ0n) is 33.6. The van der Waals surface area contributed by atoms with E-state index in [4.69, 9.17) is 0 Å². The van der Waals surface area contributed by atoms with Crippen LogP contribution in [0.1, 0.15) is 22.3 Å². The van der Waals surface area contributed by atoms with Gasteiger partial charge in [-0.2, -0.15) is 0 Å². The van der Waals surface area contributed by atoms with Crippen molar-refractivity contribution in [3.05, 3.63) is 156 Å². The average Bonchev–Trinajstić information content (AvgIpc) is 3.23. The molecule has 2 radical (unpaired) electrons. The number of para-hydroxylation sites is 6. The van der Waals surface area contributed by atoms with Gasteiger partial charge in [-0.05, 0) is 58.7 Å². The van der Waals surface area contributed by atoms with Gasteiger partial charge in [0.15, 0.2) is 0 Å². The van der Waals surface area contributed by atoms with Crippen LogP contribution in [0.3, 0.4) is 0 Å². The molecule has 15 nitrogen and oxygen atoms in total. The summed E-state index contributed by atoms with van der Waals surface area (Å²) in [7, 11) is 0. The maximum Gasteiger partial charge on any atom is 3.00 e. The van der Waals surface area contributed by atoms with Crippen molar-refractivity contribution >= 4 is 36.2 Å². The van der Waals surface area contributed by atoms with Gasteiger partial charge in [0.1, 0.15) is 11.5 Å². The smallest absolute Gasteiger partial charge is 0.872 e. The molecule has 63 heavy (non-hydrogen) atoms. The Labute approximate surface area is 386 Å². The Kier molecular flexibility index (Phi) is 26.2. The van der Waals surface area contributed by atoms with E-state index in [1.807, 2.05) is 0 Å². The van der Waals surface area contributed by atoms with Crippen molar-refractivity contribution in [2.24, 2.45) is 20.0 Å². The van der Waals surface area contributed by atoms with E-state index in [9.17, 15) is 40.9 Å². The molecule has 0 bridgehead atoms. The molecule has 0 spiro atoms. The van der Waals surface area contributed by atoms with Crippen LogP contribution < -0.4 is 41.3 Å². The molecule has 0 aliphatic carbocycles. The van der Waals surface area contributed by atoms with E-state index in [0.29, 0.717) is 59.8 Å². The number of hydrogen-bond donors (Lipinski definition) is 4. The van der Waals surface area contributed by atoms with E-state index in [2.05, 4.69) is 30.6 Å². The molecule has 0 aliphatic heterocycles. The summed E-state index contributed by atoms with van der Waals surface area (Å²) in [6.07, 6.45) is 5.86. The molecule has 0 saturated heterocycles. The van der Waals surface area contributed by atoms with Gasteiger partial charge in [-0.1, -0.05) is 120 Å². The van der Waals surface area contributed by atoms with Crippen molar-refractivity contribution in [3.8, 4) is 46.0 Å². The second-order valence-electron chi connectivity index (χ2n) is 12.5. The normalized spacial score (nSPS) is 10.6. The fraction of sp³-hybridized carbons (Fsp3) is 0.130. The van der Waals surface area contributed by atoms with Crippen LogP contribution in [0.2, 0.25) is 0 Å². The van der Waals surface area contributed by atoms with Crippen LogP contribution in [0.4, 0.5) is 11.4 Å². The minimum atomic E-state index is -0.250. The number of phenolic OH excluding ortho intramolecular Hbond substituents is 2. The number of rotatable bonds is 15. The minimum Gasteiger partial charge on any atom is -0.872 e. The first-order valence-electron chi connectivity index (χ1n) is 18.6. The first-order chi connectivity index (χ1) is 29.1. The summed E-state index contributed by atoms with van der Waals surface area (Å²) in [6, 6.07) is 34.3.